The van der Waals surface area contributed by atoms with E-state index < -0.39 is 0 Å². The van der Waals surface area contributed by atoms with Gasteiger partial charge in [-0.25, -0.2) is 0 Å². The summed E-state index contributed by atoms with van der Waals surface area (Å²) in [6, 6.07) is 10.5. The van der Waals surface area contributed by atoms with E-state index in [0.29, 0.717) is 6.10 Å². The number of piperazine rings is 1. The molecule has 1 aromatic rings. The van der Waals surface area contributed by atoms with Gasteiger partial charge in [0.2, 0.25) is 0 Å². The van der Waals surface area contributed by atoms with Crippen LogP contribution in [-0.2, 0) is 11.3 Å². The first-order valence-corrected chi connectivity index (χ1v) is 7.49. The van der Waals surface area contributed by atoms with Crippen molar-refractivity contribution in [2.75, 3.05) is 32.7 Å². The molecule has 1 aliphatic carbocycles. The molecule has 0 radical (unpaired) electrons. The molecule has 3 rings (SSSR count). The van der Waals surface area contributed by atoms with Gasteiger partial charge in [-0.05, 0) is 24.3 Å². The van der Waals surface area contributed by atoms with E-state index in [1.54, 1.807) is 0 Å². The van der Waals surface area contributed by atoms with Crippen molar-refractivity contribution in [1.82, 2.24) is 10.2 Å². The molecule has 0 amide bonds. The molecule has 1 heterocycles. The molecule has 3 nitrogen and oxygen atoms in total. The van der Waals surface area contributed by atoms with Crippen molar-refractivity contribution in [3.05, 3.63) is 35.9 Å². The highest BCUT2D eigenvalue weighted by Gasteiger charge is 2.31. The molecule has 1 aromatic carbocycles. The molecule has 0 bridgehead atoms. The molecule has 0 spiro atoms. The van der Waals surface area contributed by atoms with Gasteiger partial charge in [0, 0.05) is 32.7 Å². The molecule has 0 aromatic heterocycles. The van der Waals surface area contributed by atoms with Crippen LogP contribution in [0.3, 0.4) is 0 Å². The van der Waals surface area contributed by atoms with Crippen LogP contribution in [-0.4, -0.2) is 43.7 Å². The summed E-state index contributed by atoms with van der Waals surface area (Å²) in [5.74, 6) is 0.860. The van der Waals surface area contributed by atoms with Gasteiger partial charge in [-0.15, -0.1) is 0 Å². The molecule has 3 heteroatoms. The monoisotopic (exact) mass is 260 g/mol. The van der Waals surface area contributed by atoms with E-state index in [1.807, 2.05) is 0 Å². The van der Waals surface area contributed by atoms with Crippen LogP contribution in [0, 0.1) is 5.92 Å². The summed E-state index contributed by atoms with van der Waals surface area (Å²) in [5, 5.41) is 3.40. The minimum Gasteiger partial charge on any atom is -0.374 e. The molecule has 1 saturated carbocycles. The van der Waals surface area contributed by atoms with Crippen LogP contribution in [0.15, 0.2) is 30.3 Å². The first-order chi connectivity index (χ1) is 9.40. The van der Waals surface area contributed by atoms with E-state index in [2.05, 4.69) is 40.5 Å². The van der Waals surface area contributed by atoms with Gasteiger partial charge in [0.05, 0.1) is 12.7 Å². The van der Waals surface area contributed by atoms with Gasteiger partial charge < -0.3 is 15.0 Å². The van der Waals surface area contributed by atoms with Gasteiger partial charge in [0.25, 0.3) is 0 Å². The molecule has 104 valence electrons. The smallest absolute Gasteiger partial charge is 0.0720 e. The Morgan fingerprint density at radius 2 is 1.84 bits per heavy atom. The number of ether oxygens (including phenoxy) is 1. The van der Waals surface area contributed by atoms with E-state index in [1.165, 1.54) is 38.0 Å². The highest BCUT2D eigenvalue weighted by Crippen LogP contribution is 2.31. The molecule has 0 unspecified atom stereocenters. The van der Waals surface area contributed by atoms with E-state index in [9.17, 15) is 0 Å². The molecule has 1 N–H and O–H groups in total. The average molecular weight is 260 g/mol. The fraction of sp³-hybridized carbons (Fsp3) is 0.625. The lowest BCUT2D eigenvalue weighted by atomic mass is 9.82. The SMILES string of the molecule is c1ccc(COC2CC(CN3CCNCC3)C2)cc1. The van der Waals surface area contributed by atoms with Crippen molar-refractivity contribution in [3.63, 3.8) is 0 Å². The zero-order chi connectivity index (χ0) is 12.9. The second-order valence-corrected chi connectivity index (χ2v) is 5.81. The molecule has 19 heavy (non-hydrogen) atoms. The quantitative estimate of drug-likeness (QED) is 0.875. The zero-order valence-electron chi connectivity index (χ0n) is 11.6. The maximum Gasteiger partial charge on any atom is 0.0720 e. The molecular formula is C16H24N2O. The van der Waals surface area contributed by atoms with Gasteiger partial charge in [0.15, 0.2) is 0 Å². The lowest BCUT2D eigenvalue weighted by Gasteiger charge is -2.39. The highest BCUT2D eigenvalue weighted by atomic mass is 16.5. The van der Waals surface area contributed by atoms with Crippen LogP contribution in [0.5, 0.6) is 0 Å². The topological polar surface area (TPSA) is 24.5 Å². The third kappa shape index (κ3) is 3.78. The summed E-state index contributed by atoms with van der Waals surface area (Å²) < 4.78 is 5.95. The predicted molar refractivity (Wildman–Crippen MR) is 77.1 cm³/mol. The summed E-state index contributed by atoms with van der Waals surface area (Å²) in [4.78, 5) is 2.59. The number of nitrogens with zero attached hydrogens (tertiary/aromatic N) is 1. The van der Waals surface area contributed by atoms with Crippen molar-refractivity contribution in [3.8, 4) is 0 Å². The number of rotatable bonds is 5. The Kier molecular flexibility index (Phi) is 4.49. The van der Waals surface area contributed by atoms with Crippen LogP contribution >= 0.6 is 0 Å². The van der Waals surface area contributed by atoms with Gasteiger partial charge in [-0.1, -0.05) is 30.3 Å². The lowest BCUT2D eigenvalue weighted by molar-refractivity contribution is -0.0485. The molecule has 1 saturated heterocycles. The molecule has 2 fully saturated rings. The maximum atomic E-state index is 5.95. The minimum atomic E-state index is 0.494. The van der Waals surface area contributed by atoms with Crippen molar-refractivity contribution in [2.24, 2.45) is 5.92 Å². The van der Waals surface area contributed by atoms with E-state index in [-0.39, 0.29) is 0 Å². The summed E-state index contributed by atoms with van der Waals surface area (Å²) in [6.07, 6.45) is 2.99. The summed E-state index contributed by atoms with van der Waals surface area (Å²) in [5.41, 5.74) is 1.29. The Morgan fingerprint density at radius 1 is 1.11 bits per heavy atom. The van der Waals surface area contributed by atoms with Crippen LogP contribution in [0.4, 0.5) is 0 Å². The van der Waals surface area contributed by atoms with E-state index in [4.69, 9.17) is 4.74 Å². The van der Waals surface area contributed by atoms with Crippen LogP contribution < -0.4 is 5.32 Å². The second-order valence-electron chi connectivity index (χ2n) is 5.81. The first kappa shape index (κ1) is 13.1. The minimum absolute atomic E-state index is 0.494. The Bertz CT molecular complexity index is 370. The van der Waals surface area contributed by atoms with Gasteiger partial charge >= 0.3 is 0 Å². The lowest BCUT2D eigenvalue weighted by Crippen LogP contribution is -2.48. The standard InChI is InChI=1S/C16H24N2O/c1-2-4-14(5-3-1)13-19-16-10-15(11-16)12-18-8-6-17-7-9-18/h1-5,15-17H,6-13H2. The zero-order valence-corrected chi connectivity index (χ0v) is 11.6. The Balaban J connectivity index is 1.32. The predicted octanol–water partition coefficient (Wildman–Crippen LogP) is 1.89. The number of benzene rings is 1. The van der Waals surface area contributed by atoms with E-state index >= 15 is 0 Å². The van der Waals surface area contributed by atoms with Gasteiger partial charge in [0.1, 0.15) is 0 Å². The number of nitrogens with one attached hydrogen (secondary N) is 1. The number of hydrogen-bond acceptors (Lipinski definition) is 3. The molecule has 1 aliphatic heterocycles. The Morgan fingerprint density at radius 3 is 2.58 bits per heavy atom. The normalized spacial score (nSPS) is 28.0. The van der Waals surface area contributed by atoms with Crippen LogP contribution in [0.2, 0.25) is 0 Å². The second kappa shape index (κ2) is 6.51. The number of hydrogen-bond donors (Lipinski definition) is 1. The van der Waals surface area contributed by atoms with E-state index in [0.717, 1.165) is 25.6 Å². The summed E-state index contributed by atoms with van der Waals surface area (Å²) in [7, 11) is 0. The Labute approximate surface area is 115 Å². The Hall–Kier alpha value is -0.900. The molecule has 2 aliphatic rings. The largest absolute Gasteiger partial charge is 0.374 e. The molecular weight excluding hydrogens is 236 g/mol. The third-order valence-electron chi connectivity index (χ3n) is 4.25. The van der Waals surface area contributed by atoms with Crippen LogP contribution in [0.25, 0.3) is 0 Å². The molecule has 0 atom stereocenters. The first-order valence-electron chi connectivity index (χ1n) is 7.49. The fourth-order valence-corrected chi connectivity index (χ4v) is 3.01. The van der Waals surface area contributed by atoms with Crippen molar-refractivity contribution in [2.45, 2.75) is 25.6 Å². The van der Waals surface area contributed by atoms with Crippen molar-refractivity contribution < 1.29 is 4.74 Å². The van der Waals surface area contributed by atoms with Crippen LogP contribution in [0.1, 0.15) is 18.4 Å². The third-order valence-corrected chi connectivity index (χ3v) is 4.25. The van der Waals surface area contributed by atoms with Crippen molar-refractivity contribution in [1.29, 1.82) is 0 Å². The summed E-state index contributed by atoms with van der Waals surface area (Å²) >= 11 is 0. The van der Waals surface area contributed by atoms with Crippen molar-refractivity contribution >= 4 is 0 Å². The fourth-order valence-electron chi connectivity index (χ4n) is 3.01. The average Bonchev–Trinajstić information content (AvgIpc) is 2.43. The maximum absolute atomic E-state index is 5.95. The van der Waals surface area contributed by atoms with Gasteiger partial charge in [-0.2, -0.15) is 0 Å². The highest BCUT2D eigenvalue weighted by molar-refractivity contribution is 5.13. The van der Waals surface area contributed by atoms with Gasteiger partial charge in [-0.3, -0.25) is 0 Å². The summed E-state index contributed by atoms with van der Waals surface area (Å²) in [6.45, 7) is 6.78.